The SMILES string of the molecule is CCN(CC1CCC1)S(=O)(=O)c1cc(F)c(Cl)c(CN)c1. The van der Waals surface area contributed by atoms with Crippen molar-refractivity contribution in [3.63, 3.8) is 0 Å². The predicted molar refractivity (Wildman–Crippen MR) is 81.1 cm³/mol. The van der Waals surface area contributed by atoms with Crippen LogP contribution in [0.2, 0.25) is 5.02 Å². The standard InChI is InChI=1S/C14H20ClFN2O2S/c1-2-18(9-10-4-3-5-10)21(19,20)12-6-11(8-17)14(15)13(16)7-12/h6-7,10H,2-5,8-9,17H2,1H3. The Balaban J connectivity index is 2.34. The monoisotopic (exact) mass is 334 g/mol. The zero-order valence-corrected chi connectivity index (χ0v) is 13.6. The number of hydrogen-bond acceptors (Lipinski definition) is 3. The van der Waals surface area contributed by atoms with Gasteiger partial charge in [-0.1, -0.05) is 24.9 Å². The lowest BCUT2D eigenvalue weighted by Gasteiger charge is -2.31. The molecule has 0 bridgehead atoms. The summed E-state index contributed by atoms with van der Waals surface area (Å²) >= 11 is 5.78. The summed E-state index contributed by atoms with van der Waals surface area (Å²) in [6.07, 6.45) is 3.25. The third-order valence-electron chi connectivity index (χ3n) is 3.97. The number of sulfonamides is 1. The van der Waals surface area contributed by atoms with Crippen LogP contribution in [-0.4, -0.2) is 25.8 Å². The first kappa shape index (κ1) is 16.7. The maximum absolute atomic E-state index is 13.8. The molecule has 4 nitrogen and oxygen atoms in total. The Morgan fingerprint density at radius 1 is 1.43 bits per heavy atom. The molecule has 0 spiro atoms. The fraction of sp³-hybridized carbons (Fsp3) is 0.571. The van der Waals surface area contributed by atoms with E-state index in [9.17, 15) is 12.8 Å². The maximum atomic E-state index is 13.8. The van der Waals surface area contributed by atoms with Crippen molar-refractivity contribution in [3.8, 4) is 0 Å². The number of nitrogens with zero attached hydrogens (tertiary/aromatic N) is 1. The highest BCUT2D eigenvalue weighted by Gasteiger charge is 2.29. The third-order valence-corrected chi connectivity index (χ3v) is 6.32. The average Bonchev–Trinajstić information content (AvgIpc) is 2.40. The van der Waals surface area contributed by atoms with Crippen LogP contribution in [0.3, 0.4) is 0 Å². The molecule has 1 saturated carbocycles. The largest absolute Gasteiger partial charge is 0.326 e. The van der Waals surface area contributed by atoms with Crippen molar-refractivity contribution >= 4 is 21.6 Å². The molecule has 2 rings (SSSR count). The summed E-state index contributed by atoms with van der Waals surface area (Å²) in [5.41, 5.74) is 5.79. The summed E-state index contributed by atoms with van der Waals surface area (Å²) in [5.74, 6) is -0.344. The van der Waals surface area contributed by atoms with Gasteiger partial charge in [-0.05, 0) is 36.5 Å². The van der Waals surface area contributed by atoms with E-state index >= 15 is 0 Å². The van der Waals surface area contributed by atoms with E-state index in [2.05, 4.69) is 0 Å². The van der Waals surface area contributed by atoms with E-state index in [-0.39, 0.29) is 16.5 Å². The lowest BCUT2D eigenvalue weighted by atomic mass is 9.85. The Morgan fingerprint density at radius 3 is 2.57 bits per heavy atom. The molecule has 118 valence electrons. The topological polar surface area (TPSA) is 63.4 Å². The van der Waals surface area contributed by atoms with E-state index in [1.54, 1.807) is 6.92 Å². The first-order valence-electron chi connectivity index (χ1n) is 7.08. The van der Waals surface area contributed by atoms with Crippen LogP contribution in [0, 0.1) is 11.7 Å². The van der Waals surface area contributed by atoms with Crippen molar-refractivity contribution in [2.75, 3.05) is 13.1 Å². The molecular formula is C14H20ClFN2O2S. The molecule has 2 N–H and O–H groups in total. The first-order valence-corrected chi connectivity index (χ1v) is 8.90. The smallest absolute Gasteiger partial charge is 0.243 e. The van der Waals surface area contributed by atoms with Gasteiger partial charge in [0.25, 0.3) is 0 Å². The van der Waals surface area contributed by atoms with Crippen molar-refractivity contribution < 1.29 is 12.8 Å². The molecule has 0 unspecified atom stereocenters. The minimum Gasteiger partial charge on any atom is -0.326 e. The minimum atomic E-state index is -3.72. The zero-order chi connectivity index (χ0) is 15.6. The van der Waals surface area contributed by atoms with Gasteiger partial charge in [0.2, 0.25) is 10.0 Å². The van der Waals surface area contributed by atoms with Crippen LogP contribution in [0.4, 0.5) is 4.39 Å². The summed E-state index contributed by atoms with van der Waals surface area (Å²) in [4.78, 5) is -0.0778. The molecule has 0 heterocycles. The summed E-state index contributed by atoms with van der Waals surface area (Å²) in [7, 11) is -3.72. The summed E-state index contributed by atoms with van der Waals surface area (Å²) in [6, 6.07) is 2.34. The number of benzene rings is 1. The molecule has 1 aliphatic rings. The quantitative estimate of drug-likeness (QED) is 0.870. The molecule has 0 aromatic heterocycles. The van der Waals surface area contributed by atoms with Gasteiger partial charge in [-0.3, -0.25) is 0 Å². The maximum Gasteiger partial charge on any atom is 0.243 e. The van der Waals surface area contributed by atoms with Crippen molar-refractivity contribution in [2.45, 2.75) is 37.6 Å². The van der Waals surface area contributed by atoms with Crippen LogP contribution < -0.4 is 5.73 Å². The Morgan fingerprint density at radius 2 is 2.10 bits per heavy atom. The van der Waals surface area contributed by atoms with Crippen molar-refractivity contribution in [2.24, 2.45) is 11.7 Å². The van der Waals surface area contributed by atoms with E-state index in [0.717, 1.165) is 25.3 Å². The highest BCUT2D eigenvalue weighted by Crippen LogP contribution is 2.30. The van der Waals surface area contributed by atoms with Crippen LogP contribution in [0.1, 0.15) is 31.7 Å². The van der Waals surface area contributed by atoms with Crippen LogP contribution in [-0.2, 0) is 16.6 Å². The molecule has 0 radical (unpaired) electrons. The number of rotatable bonds is 6. The van der Waals surface area contributed by atoms with Gasteiger partial charge in [-0.2, -0.15) is 4.31 Å². The van der Waals surface area contributed by atoms with Crippen LogP contribution in [0.5, 0.6) is 0 Å². The lowest BCUT2D eigenvalue weighted by molar-refractivity contribution is 0.250. The van der Waals surface area contributed by atoms with E-state index in [1.807, 2.05) is 0 Å². The van der Waals surface area contributed by atoms with Crippen LogP contribution in [0.15, 0.2) is 17.0 Å². The van der Waals surface area contributed by atoms with Gasteiger partial charge in [0.1, 0.15) is 5.82 Å². The zero-order valence-electron chi connectivity index (χ0n) is 12.0. The summed E-state index contributed by atoms with van der Waals surface area (Å²) < 4.78 is 40.5. The van der Waals surface area contributed by atoms with Gasteiger partial charge in [-0.25, -0.2) is 12.8 Å². The highest BCUT2D eigenvalue weighted by atomic mass is 35.5. The van der Waals surface area contributed by atoms with Gasteiger partial charge < -0.3 is 5.73 Å². The average molecular weight is 335 g/mol. The fourth-order valence-corrected chi connectivity index (χ4v) is 4.20. The Hall–Kier alpha value is -0.690. The molecule has 1 aromatic rings. The van der Waals surface area contributed by atoms with E-state index in [4.69, 9.17) is 17.3 Å². The number of hydrogen-bond donors (Lipinski definition) is 1. The number of halogens is 2. The Labute approximate surface area is 130 Å². The van der Waals surface area contributed by atoms with Crippen molar-refractivity contribution in [1.29, 1.82) is 0 Å². The van der Waals surface area contributed by atoms with Crippen molar-refractivity contribution in [3.05, 3.63) is 28.5 Å². The second-order valence-corrected chi connectivity index (χ2v) is 7.65. The molecule has 0 aliphatic heterocycles. The minimum absolute atomic E-state index is 0.00609. The van der Waals surface area contributed by atoms with Crippen LogP contribution in [0.25, 0.3) is 0 Å². The normalized spacial score (nSPS) is 16.2. The molecule has 7 heteroatoms. The van der Waals surface area contributed by atoms with Crippen LogP contribution >= 0.6 is 11.6 Å². The molecule has 1 aromatic carbocycles. The van der Waals surface area contributed by atoms with E-state index in [0.29, 0.717) is 24.6 Å². The van der Waals surface area contributed by atoms with E-state index in [1.165, 1.54) is 10.4 Å². The highest BCUT2D eigenvalue weighted by molar-refractivity contribution is 7.89. The second kappa shape index (κ2) is 6.60. The molecule has 21 heavy (non-hydrogen) atoms. The third kappa shape index (κ3) is 3.39. The van der Waals surface area contributed by atoms with Crippen molar-refractivity contribution in [1.82, 2.24) is 4.31 Å². The molecule has 0 atom stereocenters. The van der Waals surface area contributed by atoms with E-state index < -0.39 is 15.8 Å². The Bertz CT molecular complexity index is 618. The van der Waals surface area contributed by atoms with Gasteiger partial charge in [0, 0.05) is 19.6 Å². The van der Waals surface area contributed by atoms with Gasteiger partial charge in [-0.15, -0.1) is 0 Å². The number of nitrogens with two attached hydrogens (primary N) is 1. The summed E-state index contributed by atoms with van der Waals surface area (Å²) in [5, 5.41) is -0.113. The second-order valence-electron chi connectivity index (χ2n) is 5.33. The summed E-state index contributed by atoms with van der Waals surface area (Å²) in [6.45, 7) is 2.63. The first-order chi connectivity index (χ1) is 9.90. The lowest BCUT2D eigenvalue weighted by Crippen LogP contribution is -2.37. The van der Waals surface area contributed by atoms with Gasteiger partial charge >= 0.3 is 0 Å². The fourth-order valence-electron chi connectivity index (χ4n) is 2.43. The molecular weight excluding hydrogens is 315 g/mol. The predicted octanol–water partition coefficient (Wildman–Crippen LogP) is 2.75. The van der Waals surface area contributed by atoms with Gasteiger partial charge in [0.15, 0.2) is 0 Å². The molecule has 1 fully saturated rings. The molecule has 1 aliphatic carbocycles. The molecule has 0 amide bonds. The molecule has 0 saturated heterocycles. The Kier molecular flexibility index (Phi) is 5.24. The van der Waals surface area contributed by atoms with Gasteiger partial charge in [0.05, 0.1) is 9.92 Å².